The Morgan fingerprint density at radius 3 is 2.76 bits per heavy atom. The van der Waals surface area contributed by atoms with Crippen molar-refractivity contribution in [1.82, 2.24) is 0 Å². The van der Waals surface area contributed by atoms with E-state index >= 15 is 0 Å². The smallest absolute Gasteiger partial charge is 0.224 e. The molecule has 0 bridgehead atoms. The Balaban J connectivity index is 1.93. The van der Waals surface area contributed by atoms with E-state index in [2.05, 4.69) is 5.32 Å². The maximum Gasteiger partial charge on any atom is 0.224 e. The van der Waals surface area contributed by atoms with E-state index in [1.165, 1.54) is 18.9 Å². The number of benzene rings is 1. The fraction of sp³-hybridized carbons (Fsp3) is 0.500. The zero-order chi connectivity index (χ0) is 12.3. The average Bonchev–Trinajstić information content (AvgIpc) is 2.75. The van der Waals surface area contributed by atoms with Crippen molar-refractivity contribution >= 4 is 11.6 Å². The number of hydrogen-bond acceptors (Lipinski definition) is 1. The summed E-state index contributed by atoms with van der Waals surface area (Å²) in [6.07, 6.45) is 5.22. The van der Waals surface area contributed by atoms with E-state index < -0.39 is 0 Å². The molecule has 1 saturated carbocycles. The van der Waals surface area contributed by atoms with E-state index in [1.807, 2.05) is 6.92 Å². The lowest BCUT2D eigenvalue weighted by atomic mass is 10.0. The van der Waals surface area contributed by atoms with Gasteiger partial charge >= 0.3 is 0 Å². The van der Waals surface area contributed by atoms with Crippen LogP contribution in [0.25, 0.3) is 0 Å². The number of halogens is 1. The zero-order valence-electron chi connectivity index (χ0n) is 10.1. The molecule has 1 aromatic rings. The van der Waals surface area contributed by atoms with Crippen molar-refractivity contribution in [2.75, 3.05) is 5.32 Å². The van der Waals surface area contributed by atoms with Gasteiger partial charge in [0.15, 0.2) is 0 Å². The molecule has 0 atom stereocenters. The highest BCUT2D eigenvalue weighted by molar-refractivity contribution is 5.91. The van der Waals surface area contributed by atoms with Crippen molar-refractivity contribution < 1.29 is 9.18 Å². The van der Waals surface area contributed by atoms with E-state index in [-0.39, 0.29) is 11.7 Å². The molecule has 3 heteroatoms. The number of aryl methyl sites for hydroxylation is 1. The normalized spacial score (nSPS) is 16.1. The third-order valence-electron chi connectivity index (χ3n) is 3.35. The second-order valence-electron chi connectivity index (χ2n) is 4.89. The maximum atomic E-state index is 13.5. The second-order valence-corrected chi connectivity index (χ2v) is 4.89. The fourth-order valence-corrected chi connectivity index (χ4v) is 2.40. The lowest BCUT2D eigenvalue weighted by Gasteiger charge is -2.10. The number of carbonyl (C=O) groups is 1. The van der Waals surface area contributed by atoms with Crippen LogP contribution in [-0.4, -0.2) is 5.91 Å². The van der Waals surface area contributed by atoms with Gasteiger partial charge in [-0.3, -0.25) is 4.79 Å². The average molecular weight is 235 g/mol. The summed E-state index contributed by atoms with van der Waals surface area (Å²) in [5.41, 5.74) is 1.15. The zero-order valence-corrected chi connectivity index (χ0v) is 10.1. The van der Waals surface area contributed by atoms with E-state index in [0.29, 0.717) is 18.0 Å². The molecule has 1 N–H and O–H groups in total. The molecule has 0 aromatic heterocycles. The van der Waals surface area contributed by atoms with Gasteiger partial charge in [-0.25, -0.2) is 4.39 Å². The highest BCUT2D eigenvalue weighted by atomic mass is 19.1. The Labute approximate surface area is 101 Å². The maximum absolute atomic E-state index is 13.5. The minimum absolute atomic E-state index is 0.0698. The SMILES string of the molecule is Cc1ccc(NC(=O)CC2CCCC2)c(F)c1. The number of amides is 1. The second kappa shape index (κ2) is 5.30. The molecule has 1 aliphatic rings. The van der Waals surface area contributed by atoms with E-state index in [4.69, 9.17) is 0 Å². The van der Waals surface area contributed by atoms with Crippen molar-refractivity contribution in [3.8, 4) is 0 Å². The van der Waals surface area contributed by atoms with Gasteiger partial charge in [-0.05, 0) is 43.4 Å². The Morgan fingerprint density at radius 2 is 2.12 bits per heavy atom. The molecule has 0 radical (unpaired) electrons. The Kier molecular flexibility index (Phi) is 3.77. The predicted molar refractivity (Wildman–Crippen MR) is 66.3 cm³/mol. The first-order valence-corrected chi connectivity index (χ1v) is 6.21. The molecule has 0 saturated heterocycles. The van der Waals surface area contributed by atoms with Crippen molar-refractivity contribution in [2.45, 2.75) is 39.0 Å². The van der Waals surface area contributed by atoms with Gasteiger partial charge in [-0.15, -0.1) is 0 Å². The molecule has 2 nitrogen and oxygen atoms in total. The molecule has 0 aliphatic heterocycles. The van der Waals surface area contributed by atoms with Crippen LogP contribution in [-0.2, 0) is 4.79 Å². The van der Waals surface area contributed by atoms with Crippen LogP contribution in [0.2, 0.25) is 0 Å². The van der Waals surface area contributed by atoms with Gasteiger partial charge in [0.2, 0.25) is 5.91 Å². The summed E-state index contributed by atoms with van der Waals surface area (Å²) in [5, 5.41) is 2.65. The van der Waals surface area contributed by atoms with E-state index in [1.54, 1.807) is 12.1 Å². The van der Waals surface area contributed by atoms with E-state index in [9.17, 15) is 9.18 Å². The van der Waals surface area contributed by atoms with Gasteiger partial charge < -0.3 is 5.32 Å². The van der Waals surface area contributed by atoms with Crippen molar-refractivity contribution in [2.24, 2.45) is 5.92 Å². The first-order valence-electron chi connectivity index (χ1n) is 6.21. The molecule has 0 heterocycles. The molecule has 1 aliphatic carbocycles. The topological polar surface area (TPSA) is 29.1 Å². The van der Waals surface area contributed by atoms with Gasteiger partial charge in [0.05, 0.1) is 5.69 Å². The Hall–Kier alpha value is -1.38. The van der Waals surface area contributed by atoms with Crippen LogP contribution in [0.3, 0.4) is 0 Å². The summed E-state index contributed by atoms with van der Waals surface area (Å²) in [4.78, 5) is 11.7. The largest absolute Gasteiger partial charge is 0.324 e. The van der Waals surface area contributed by atoms with Crippen molar-refractivity contribution in [3.63, 3.8) is 0 Å². The van der Waals surface area contributed by atoms with Crippen LogP contribution in [0.15, 0.2) is 18.2 Å². The molecule has 1 fully saturated rings. The minimum atomic E-state index is -0.357. The summed E-state index contributed by atoms with van der Waals surface area (Å²) >= 11 is 0. The van der Waals surface area contributed by atoms with Gasteiger partial charge in [0.1, 0.15) is 5.82 Å². The van der Waals surface area contributed by atoms with Crippen LogP contribution < -0.4 is 5.32 Å². The van der Waals surface area contributed by atoms with Gasteiger partial charge in [0, 0.05) is 6.42 Å². The van der Waals surface area contributed by atoms with Crippen LogP contribution in [0.4, 0.5) is 10.1 Å². The monoisotopic (exact) mass is 235 g/mol. The third kappa shape index (κ3) is 3.29. The molecular formula is C14H18FNO. The van der Waals surface area contributed by atoms with Crippen LogP contribution in [0, 0.1) is 18.7 Å². The Morgan fingerprint density at radius 1 is 1.41 bits per heavy atom. The summed E-state index contributed by atoms with van der Waals surface area (Å²) < 4.78 is 13.5. The van der Waals surface area contributed by atoms with Gasteiger partial charge in [0.25, 0.3) is 0 Å². The number of carbonyl (C=O) groups excluding carboxylic acids is 1. The molecule has 92 valence electrons. The summed E-state index contributed by atoms with van der Waals surface area (Å²) in [7, 11) is 0. The van der Waals surface area contributed by atoms with Gasteiger partial charge in [-0.1, -0.05) is 18.9 Å². The molecule has 1 amide bonds. The van der Waals surface area contributed by atoms with Crippen LogP contribution in [0.1, 0.15) is 37.7 Å². The quantitative estimate of drug-likeness (QED) is 0.851. The molecule has 2 rings (SSSR count). The predicted octanol–water partition coefficient (Wildman–Crippen LogP) is 3.65. The molecule has 0 spiro atoms. The molecule has 0 unspecified atom stereocenters. The number of nitrogens with one attached hydrogen (secondary N) is 1. The number of hydrogen-bond donors (Lipinski definition) is 1. The first kappa shape index (κ1) is 12.1. The summed E-state index contributed by atoms with van der Waals surface area (Å²) in [6.45, 7) is 1.83. The van der Waals surface area contributed by atoms with E-state index in [0.717, 1.165) is 18.4 Å². The number of anilines is 1. The standard InChI is InChI=1S/C14H18FNO/c1-10-6-7-13(12(15)8-10)16-14(17)9-11-4-2-3-5-11/h6-8,11H,2-5,9H2,1H3,(H,16,17). The Bertz CT molecular complexity index is 411. The fourth-order valence-electron chi connectivity index (χ4n) is 2.40. The highest BCUT2D eigenvalue weighted by Gasteiger charge is 2.18. The van der Waals surface area contributed by atoms with Crippen LogP contribution >= 0.6 is 0 Å². The lowest BCUT2D eigenvalue weighted by Crippen LogP contribution is -2.16. The molecule has 17 heavy (non-hydrogen) atoms. The van der Waals surface area contributed by atoms with Crippen molar-refractivity contribution in [1.29, 1.82) is 0 Å². The van der Waals surface area contributed by atoms with Crippen LogP contribution in [0.5, 0.6) is 0 Å². The number of rotatable bonds is 3. The first-order chi connectivity index (χ1) is 8.15. The molecular weight excluding hydrogens is 217 g/mol. The van der Waals surface area contributed by atoms with Crippen molar-refractivity contribution in [3.05, 3.63) is 29.6 Å². The summed E-state index contributed by atoms with van der Waals surface area (Å²) in [6, 6.07) is 4.86. The molecule has 1 aromatic carbocycles. The minimum Gasteiger partial charge on any atom is -0.324 e. The highest BCUT2D eigenvalue weighted by Crippen LogP contribution is 2.28. The van der Waals surface area contributed by atoms with Gasteiger partial charge in [-0.2, -0.15) is 0 Å². The lowest BCUT2D eigenvalue weighted by molar-refractivity contribution is -0.117. The third-order valence-corrected chi connectivity index (χ3v) is 3.35. The summed E-state index contributed by atoms with van der Waals surface area (Å²) in [5.74, 6) is 0.0629.